The standard InChI is InChI=1S/C18H23NO2/c1-3-10-19-13-15-6-4-9-18(11-15)21-14-16-7-5-8-17(12-16)20-2/h4-9,11-12,19H,3,10,13-14H2,1-2H3. The summed E-state index contributed by atoms with van der Waals surface area (Å²) in [6.45, 7) is 4.63. The van der Waals surface area contributed by atoms with E-state index in [1.165, 1.54) is 5.56 Å². The Morgan fingerprint density at radius 2 is 1.67 bits per heavy atom. The highest BCUT2D eigenvalue weighted by Gasteiger charge is 2.00. The Kier molecular flexibility index (Phi) is 6.10. The van der Waals surface area contributed by atoms with Crippen molar-refractivity contribution in [3.63, 3.8) is 0 Å². The molecule has 112 valence electrons. The van der Waals surface area contributed by atoms with Crippen LogP contribution in [0, 0.1) is 0 Å². The molecule has 0 spiro atoms. The molecule has 0 aliphatic rings. The van der Waals surface area contributed by atoms with Crippen molar-refractivity contribution >= 4 is 0 Å². The third-order valence-corrected chi connectivity index (χ3v) is 3.19. The molecule has 2 rings (SSSR count). The second kappa shape index (κ2) is 8.32. The number of rotatable bonds is 8. The van der Waals surface area contributed by atoms with E-state index in [4.69, 9.17) is 9.47 Å². The van der Waals surface area contributed by atoms with Crippen LogP contribution in [0.2, 0.25) is 0 Å². The third-order valence-electron chi connectivity index (χ3n) is 3.19. The highest BCUT2D eigenvalue weighted by atomic mass is 16.5. The minimum atomic E-state index is 0.545. The lowest BCUT2D eigenvalue weighted by Crippen LogP contribution is -2.13. The molecule has 2 aromatic carbocycles. The first-order chi connectivity index (χ1) is 10.3. The van der Waals surface area contributed by atoms with E-state index in [0.717, 1.165) is 36.6 Å². The molecule has 3 heteroatoms. The number of hydrogen-bond donors (Lipinski definition) is 1. The van der Waals surface area contributed by atoms with Crippen LogP contribution in [-0.4, -0.2) is 13.7 Å². The summed E-state index contributed by atoms with van der Waals surface area (Å²) < 4.78 is 11.1. The minimum Gasteiger partial charge on any atom is -0.497 e. The predicted octanol–water partition coefficient (Wildman–Crippen LogP) is 3.77. The highest BCUT2D eigenvalue weighted by molar-refractivity contribution is 5.30. The van der Waals surface area contributed by atoms with Gasteiger partial charge in [0, 0.05) is 6.54 Å². The molecule has 0 saturated heterocycles. The molecule has 1 N–H and O–H groups in total. The lowest BCUT2D eigenvalue weighted by Gasteiger charge is -2.09. The Balaban J connectivity index is 1.91. The molecule has 0 heterocycles. The molecule has 0 aliphatic carbocycles. The van der Waals surface area contributed by atoms with E-state index in [1.54, 1.807) is 7.11 Å². The van der Waals surface area contributed by atoms with Crippen LogP contribution in [0.1, 0.15) is 24.5 Å². The molecular formula is C18H23NO2. The Morgan fingerprint density at radius 3 is 2.43 bits per heavy atom. The lowest BCUT2D eigenvalue weighted by molar-refractivity contribution is 0.305. The van der Waals surface area contributed by atoms with Crippen molar-refractivity contribution in [2.75, 3.05) is 13.7 Å². The van der Waals surface area contributed by atoms with Crippen LogP contribution in [0.4, 0.5) is 0 Å². The average molecular weight is 285 g/mol. The molecule has 0 unspecified atom stereocenters. The van der Waals surface area contributed by atoms with Crippen LogP contribution in [0.5, 0.6) is 11.5 Å². The number of benzene rings is 2. The molecule has 0 bridgehead atoms. The van der Waals surface area contributed by atoms with Crippen LogP contribution in [0.15, 0.2) is 48.5 Å². The van der Waals surface area contributed by atoms with Crippen molar-refractivity contribution in [1.82, 2.24) is 5.32 Å². The van der Waals surface area contributed by atoms with Gasteiger partial charge in [-0.1, -0.05) is 31.2 Å². The van der Waals surface area contributed by atoms with Gasteiger partial charge in [0.25, 0.3) is 0 Å². The van der Waals surface area contributed by atoms with Gasteiger partial charge in [0.1, 0.15) is 18.1 Å². The lowest BCUT2D eigenvalue weighted by atomic mass is 10.2. The van der Waals surface area contributed by atoms with Crippen LogP contribution >= 0.6 is 0 Å². The average Bonchev–Trinajstić information content (AvgIpc) is 2.54. The number of nitrogens with one attached hydrogen (secondary N) is 1. The molecule has 2 aromatic rings. The quantitative estimate of drug-likeness (QED) is 0.749. The maximum atomic E-state index is 5.86. The Labute approximate surface area is 126 Å². The summed E-state index contributed by atoms with van der Waals surface area (Å²) in [7, 11) is 1.67. The summed E-state index contributed by atoms with van der Waals surface area (Å²) in [4.78, 5) is 0. The van der Waals surface area contributed by atoms with Gasteiger partial charge in [-0.05, 0) is 48.4 Å². The molecule has 0 radical (unpaired) electrons. The van der Waals surface area contributed by atoms with Gasteiger partial charge >= 0.3 is 0 Å². The fraction of sp³-hybridized carbons (Fsp3) is 0.333. The van der Waals surface area contributed by atoms with Gasteiger partial charge in [-0.15, -0.1) is 0 Å². The van der Waals surface area contributed by atoms with Crippen LogP contribution < -0.4 is 14.8 Å². The number of ether oxygens (including phenoxy) is 2. The second-order valence-corrected chi connectivity index (χ2v) is 4.96. The van der Waals surface area contributed by atoms with E-state index in [1.807, 2.05) is 36.4 Å². The van der Waals surface area contributed by atoms with E-state index < -0.39 is 0 Å². The van der Waals surface area contributed by atoms with E-state index in [9.17, 15) is 0 Å². The normalized spacial score (nSPS) is 10.4. The van der Waals surface area contributed by atoms with Gasteiger partial charge in [-0.3, -0.25) is 0 Å². The maximum absolute atomic E-state index is 5.86. The Bertz CT molecular complexity index is 554. The van der Waals surface area contributed by atoms with Crippen molar-refractivity contribution in [3.05, 3.63) is 59.7 Å². The van der Waals surface area contributed by atoms with Gasteiger partial charge in [0.2, 0.25) is 0 Å². The zero-order valence-electron chi connectivity index (χ0n) is 12.8. The SMILES string of the molecule is CCCNCc1cccc(OCc2cccc(OC)c2)c1. The molecule has 0 saturated carbocycles. The first kappa shape index (κ1) is 15.4. The van der Waals surface area contributed by atoms with Crippen LogP contribution in [-0.2, 0) is 13.2 Å². The minimum absolute atomic E-state index is 0.545. The summed E-state index contributed by atoms with van der Waals surface area (Å²) in [5, 5.41) is 3.40. The van der Waals surface area contributed by atoms with Crippen molar-refractivity contribution in [2.45, 2.75) is 26.5 Å². The molecule has 0 aliphatic heterocycles. The fourth-order valence-corrected chi connectivity index (χ4v) is 2.08. The molecule has 21 heavy (non-hydrogen) atoms. The van der Waals surface area contributed by atoms with Crippen molar-refractivity contribution in [3.8, 4) is 11.5 Å². The fourth-order valence-electron chi connectivity index (χ4n) is 2.08. The summed E-state index contributed by atoms with van der Waals surface area (Å²) in [6.07, 6.45) is 1.14. The summed E-state index contributed by atoms with van der Waals surface area (Å²) in [5.74, 6) is 1.75. The van der Waals surface area contributed by atoms with E-state index in [-0.39, 0.29) is 0 Å². The zero-order chi connectivity index (χ0) is 14.9. The molecule has 0 fully saturated rings. The van der Waals surface area contributed by atoms with E-state index in [2.05, 4.69) is 24.4 Å². The first-order valence-electron chi connectivity index (χ1n) is 7.37. The van der Waals surface area contributed by atoms with Crippen LogP contribution in [0.3, 0.4) is 0 Å². The maximum Gasteiger partial charge on any atom is 0.120 e. The van der Waals surface area contributed by atoms with Gasteiger partial charge < -0.3 is 14.8 Å². The summed E-state index contributed by atoms with van der Waals surface area (Å²) in [6, 6.07) is 16.2. The molecular weight excluding hydrogens is 262 g/mol. The first-order valence-corrected chi connectivity index (χ1v) is 7.37. The molecule has 0 atom stereocenters. The summed E-state index contributed by atoms with van der Waals surface area (Å²) >= 11 is 0. The van der Waals surface area contributed by atoms with Crippen molar-refractivity contribution in [2.24, 2.45) is 0 Å². The largest absolute Gasteiger partial charge is 0.497 e. The number of hydrogen-bond acceptors (Lipinski definition) is 3. The third kappa shape index (κ3) is 5.12. The van der Waals surface area contributed by atoms with Gasteiger partial charge in [-0.2, -0.15) is 0 Å². The Morgan fingerprint density at radius 1 is 0.952 bits per heavy atom. The van der Waals surface area contributed by atoms with Gasteiger partial charge in [-0.25, -0.2) is 0 Å². The molecule has 0 aromatic heterocycles. The van der Waals surface area contributed by atoms with E-state index >= 15 is 0 Å². The van der Waals surface area contributed by atoms with Gasteiger partial charge in [0.05, 0.1) is 7.11 Å². The number of methoxy groups -OCH3 is 1. The predicted molar refractivity (Wildman–Crippen MR) is 85.8 cm³/mol. The van der Waals surface area contributed by atoms with Crippen molar-refractivity contribution in [1.29, 1.82) is 0 Å². The van der Waals surface area contributed by atoms with Gasteiger partial charge in [0.15, 0.2) is 0 Å². The monoisotopic (exact) mass is 285 g/mol. The van der Waals surface area contributed by atoms with Crippen LogP contribution in [0.25, 0.3) is 0 Å². The highest BCUT2D eigenvalue weighted by Crippen LogP contribution is 2.17. The summed E-state index contributed by atoms with van der Waals surface area (Å²) in [5.41, 5.74) is 2.34. The zero-order valence-corrected chi connectivity index (χ0v) is 12.8. The molecule has 0 amide bonds. The smallest absolute Gasteiger partial charge is 0.120 e. The molecule has 3 nitrogen and oxygen atoms in total. The van der Waals surface area contributed by atoms with Crippen molar-refractivity contribution < 1.29 is 9.47 Å². The van der Waals surface area contributed by atoms with E-state index in [0.29, 0.717) is 6.61 Å². The topological polar surface area (TPSA) is 30.5 Å². The second-order valence-electron chi connectivity index (χ2n) is 4.96. The Hall–Kier alpha value is -2.00.